The van der Waals surface area contributed by atoms with Crippen LogP contribution in [0.5, 0.6) is 5.75 Å². The van der Waals surface area contributed by atoms with Crippen LogP contribution >= 0.6 is 0 Å². The van der Waals surface area contributed by atoms with Crippen molar-refractivity contribution in [2.45, 2.75) is 44.0 Å². The first kappa shape index (κ1) is 18.5. The molecule has 0 amide bonds. The Morgan fingerprint density at radius 2 is 1.75 bits per heavy atom. The molecule has 24 heavy (non-hydrogen) atoms. The third-order valence-electron chi connectivity index (χ3n) is 4.43. The number of benzene rings is 2. The maximum Gasteiger partial charge on any atom is 0.240 e. The van der Waals surface area contributed by atoms with E-state index in [0.717, 1.165) is 17.5 Å². The van der Waals surface area contributed by atoms with Gasteiger partial charge in [-0.05, 0) is 47.2 Å². The van der Waals surface area contributed by atoms with Gasteiger partial charge in [-0.1, -0.05) is 45.0 Å². The molecular weight excluding hydrogens is 322 g/mol. The highest BCUT2D eigenvalue weighted by Crippen LogP contribution is 2.27. The Morgan fingerprint density at radius 1 is 1.08 bits per heavy atom. The van der Waals surface area contributed by atoms with Gasteiger partial charge in [0, 0.05) is 6.54 Å². The molecule has 130 valence electrons. The van der Waals surface area contributed by atoms with Crippen LogP contribution in [-0.4, -0.2) is 15.5 Å². The van der Waals surface area contributed by atoms with Gasteiger partial charge in [-0.15, -0.1) is 0 Å². The largest absolute Gasteiger partial charge is 0.497 e. The van der Waals surface area contributed by atoms with Crippen molar-refractivity contribution < 1.29 is 13.2 Å². The van der Waals surface area contributed by atoms with Crippen molar-refractivity contribution in [1.29, 1.82) is 0 Å². The predicted molar refractivity (Wildman–Crippen MR) is 96.8 cm³/mol. The van der Waals surface area contributed by atoms with Crippen molar-refractivity contribution in [3.05, 3.63) is 59.7 Å². The molecule has 0 spiro atoms. The number of sulfonamides is 1. The van der Waals surface area contributed by atoms with Crippen molar-refractivity contribution in [3.8, 4) is 5.75 Å². The zero-order chi connectivity index (χ0) is 17.8. The van der Waals surface area contributed by atoms with Crippen molar-refractivity contribution in [1.82, 2.24) is 4.72 Å². The van der Waals surface area contributed by atoms with E-state index >= 15 is 0 Å². The minimum absolute atomic E-state index is 0.0380. The van der Waals surface area contributed by atoms with Crippen LogP contribution in [0.15, 0.2) is 53.4 Å². The lowest BCUT2D eigenvalue weighted by Crippen LogP contribution is -2.23. The monoisotopic (exact) mass is 347 g/mol. The number of hydrogen-bond acceptors (Lipinski definition) is 3. The van der Waals surface area contributed by atoms with Gasteiger partial charge in [0.1, 0.15) is 5.75 Å². The van der Waals surface area contributed by atoms with E-state index in [1.165, 1.54) is 0 Å². The maximum atomic E-state index is 12.4. The minimum atomic E-state index is -3.54. The van der Waals surface area contributed by atoms with Gasteiger partial charge in [0.2, 0.25) is 10.0 Å². The Kier molecular flexibility index (Phi) is 5.67. The van der Waals surface area contributed by atoms with E-state index in [2.05, 4.69) is 25.5 Å². The van der Waals surface area contributed by atoms with Crippen molar-refractivity contribution >= 4 is 10.0 Å². The molecular formula is C19H25NO3S. The second kappa shape index (κ2) is 7.36. The molecule has 0 bridgehead atoms. The predicted octanol–water partition coefficient (Wildman–Crippen LogP) is 3.86. The lowest BCUT2D eigenvalue weighted by atomic mass is 9.82. The molecule has 4 nitrogen and oxygen atoms in total. The minimum Gasteiger partial charge on any atom is -0.497 e. The highest BCUT2D eigenvalue weighted by molar-refractivity contribution is 7.89. The summed E-state index contributed by atoms with van der Waals surface area (Å²) in [5.41, 5.74) is 2.02. The standard InChI is InChI=1S/C19H25NO3S/c1-5-19(2,3)16-9-11-18(12-10-16)24(21,22)20-14-15-7-6-8-17(13-15)23-4/h6-13,20H,5,14H2,1-4H3. The Bertz CT molecular complexity index is 781. The average Bonchev–Trinajstić information content (AvgIpc) is 2.60. The lowest BCUT2D eigenvalue weighted by Gasteiger charge is -2.23. The Hall–Kier alpha value is -1.85. The van der Waals surface area contributed by atoms with Crippen LogP contribution < -0.4 is 9.46 Å². The molecule has 2 rings (SSSR count). The van der Waals surface area contributed by atoms with Crippen LogP contribution in [-0.2, 0) is 22.0 Å². The molecule has 2 aromatic rings. The van der Waals surface area contributed by atoms with E-state index in [1.54, 1.807) is 19.2 Å². The SMILES string of the molecule is CCC(C)(C)c1ccc(S(=O)(=O)NCc2cccc(OC)c2)cc1. The Balaban J connectivity index is 2.12. The number of hydrogen-bond donors (Lipinski definition) is 1. The summed E-state index contributed by atoms with van der Waals surface area (Å²) >= 11 is 0. The van der Waals surface area contributed by atoms with Gasteiger partial charge in [-0.2, -0.15) is 0 Å². The van der Waals surface area contributed by atoms with Crippen LogP contribution in [0.4, 0.5) is 0 Å². The maximum absolute atomic E-state index is 12.4. The van der Waals surface area contributed by atoms with Crippen LogP contribution in [0.2, 0.25) is 0 Å². The molecule has 0 atom stereocenters. The summed E-state index contributed by atoms with van der Waals surface area (Å²) in [5.74, 6) is 0.706. The molecule has 0 radical (unpaired) electrons. The number of ether oxygens (including phenoxy) is 1. The smallest absolute Gasteiger partial charge is 0.240 e. The first-order valence-electron chi connectivity index (χ1n) is 8.01. The summed E-state index contributed by atoms with van der Waals surface area (Å²) in [7, 11) is -1.95. The molecule has 5 heteroatoms. The van der Waals surface area contributed by atoms with E-state index < -0.39 is 10.0 Å². The molecule has 0 saturated carbocycles. The molecule has 0 aliphatic rings. The molecule has 0 heterocycles. The van der Waals surface area contributed by atoms with E-state index in [-0.39, 0.29) is 16.9 Å². The normalized spacial score (nSPS) is 12.2. The summed E-state index contributed by atoms with van der Waals surface area (Å²) in [6.45, 7) is 6.65. The van der Waals surface area contributed by atoms with E-state index in [0.29, 0.717) is 5.75 Å². The van der Waals surface area contributed by atoms with Gasteiger partial charge in [-0.25, -0.2) is 13.1 Å². The molecule has 0 saturated heterocycles. The highest BCUT2D eigenvalue weighted by Gasteiger charge is 2.19. The number of rotatable bonds is 7. The van der Waals surface area contributed by atoms with E-state index in [4.69, 9.17) is 4.74 Å². The zero-order valence-electron chi connectivity index (χ0n) is 14.7. The second-order valence-electron chi connectivity index (χ2n) is 6.44. The molecule has 0 aliphatic heterocycles. The quantitative estimate of drug-likeness (QED) is 0.827. The third-order valence-corrected chi connectivity index (χ3v) is 5.85. The van der Waals surface area contributed by atoms with Gasteiger partial charge in [0.25, 0.3) is 0 Å². The van der Waals surface area contributed by atoms with Gasteiger partial charge in [0.15, 0.2) is 0 Å². The third kappa shape index (κ3) is 4.36. The van der Waals surface area contributed by atoms with Crippen LogP contribution in [0.3, 0.4) is 0 Å². The summed E-state index contributed by atoms with van der Waals surface area (Å²) in [5, 5.41) is 0. The molecule has 1 N–H and O–H groups in total. The van der Waals surface area contributed by atoms with E-state index in [9.17, 15) is 8.42 Å². The molecule has 0 unspecified atom stereocenters. The molecule has 0 fully saturated rings. The fourth-order valence-corrected chi connectivity index (χ4v) is 3.35. The Morgan fingerprint density at radius 3 is 2.33 bits per heavy atom. The molecule has 2 aromatic carbocycles. The van der Waals surface area contributed by atoms with Gasteiger partial charge >= 0.3 is 0 Å². The van der Waals surface area contributed by atoms with Gasteiger partial charge in [-0.3, -0.25) is 0 Å². The second-order valence-corrected chi connectivity index (χ2v) is 8.20. The molecule has 0 aromatic heterocycles. The van der Waals surface area contributed by atoms with Gasteiger partial charge < -0.3 is 4.74 Å². The number of methoxy groups -OCH3 is 1. The zero-order valence-corrected chi connectivity index (χ0v) is 15.5. The highest BCUT2D eigenvalue weighted by atomic mass is 32.2. The topological polar surface area (TPSA) is 55.4 Å². The summed E-state index contributed by atoms with van der Waals surface area (Å²) in [6, 6.07) is 14.5. The summed E-state index contributed by atoms with van der Waals surface area (Å²) in [4.78, 5) is 0.279. The number of nitrogens with one attached hydrogen (secondary N) is 1. The lowest BCUT2D eigenvalue weighted by molar-refractivity contribution is 0.414. The van der Waals surface area contributed by atoms with E-state index in [1.807, 2.05) is 36.4 Å². The summed E-state index contributed by atoms with van der Waals surface area (Å²) in [6.07, 6.45) is 0.993. The first-order chi connectivity index (χ1) is 11.3. The summed E-state index contributed by atoms with van der Waals surface area (Å²) < 4.78 is 32.7. The van der Waals surface area contributed by atoms with Gasteiger partial charge in [0.05, 0.1) is 12.0 Å². The Labute approximate surface area is 144 Å². The fraction of sp³-hybridized carbons (Fsp3) is 0.368. The van der Waals surface area contributed by atoms with Crippen LogP contribution in [0, 0.1) is 0 Å². The van der Waals surface area contributed by atoms with Crippen LogP contribution in [0.25, 0.3) is 0 Å². The van der Waals surface area contributed by atoms with Crippen LogP contribution in [0.1, 0.15) is 38.3 Å². The first-order valence-corrected chi connectivity index (χ1v) is 9.50. The fourth-order valence-electron chi connectivity index (χ4n) is 2.33. The molecule has 0 aliphatic carbocycles. The van der Waals surface area contributed by atoms with Crippen molar-refractivity contribution in [2.75, 3.05) is 7.11 Å². The van der Waals surface area contributed by atoms with Crippen molar-refractivity contribution in [3.63, 3.8) is 0 Å². The van der Waals surface area contributed by atoms with Crippen molar-refractivity contribution in [2.24, 2.45) is 0 Å². The average molecular weight is 347 g/mol.